The monoisotopic (exact) mass is 167 g/mol. The second kappa shape index (κ2) is 2.73. The normalized spacial score (nSPS) is 22.2. The van der Waals surface area contributed by atoms with Crippen molar-refractivity contribution in [1.29, 1.82) is 0 Å². The van der Waals surface area contributed by atoms with Crippen LogP contribution in [0.2, 0.25) is 0 Å². The molecule has 66 valence electrons. The fourth-order valence-electron chi connectivity index (χ4n) is 0.827. The Bertz CT molecular complexity index is 274. The van der Waals surface area contributed by atoms with Crippen molar-refractivity contribution >= 4 is 11.9 Å². The standard InChI is InChI=1S/C9H13NO2/c1-5-6(2)7-10-9(3,4)8(11)12-7/h5H,1-4H3/b6-5+. The topological polar surface area (TPSA) is 38.7 Å². The third-order valence-electron chi connectivity index (χ3n) is 1.84. The first kappa shape index (κ1) is 8.97. The van der Waals surface area contributed by atoms with Crippen molar-refractivity contribution in [2.45, 2.75) is 33.2 Å². The van der Waals surface area contributed by atoms with E-state index in [-0.39, 0.29) is 5.97 Å². The highest BCUT2D eigenvalue weighted by atomic mass is 16.6. The first-order chi connectivity index (χ1) is 5.47. The smallest absolute Gasteiger partial charge is 0.340 e. The average Bonchev–Trinajstić information content (AvgIpc) is 2.25. The van der Waals surface area contributed by atoms with Crippen molar-refractivity contribution in [1.82, 2.24) is 0 Å². The van der Waals surface area contributed by atoms with Crippen LogP contribution in [0, 0.1) is 0 Å². The van der Waals surface area contributed by atoms with Crippen LogP contribution in [0.5, 0.6) is 0 Å². The summed E-state index contributed by atoms with van der Waals surface area (Å²) in [5, 5.41) is 0. The summed E-state index contributed by atoms with van der Waals surface area (Å²) < 4.78 is 4.97. The Morgan fingerprint density at radius 2 is 2.17 bits per heavy atom. The number of ether oxygens (including phenoxy) is 1. The van der Waals surface area contributed by atoms with Crippen molar-refractivity contribution in [3.05, 3.63) is 11.6 Å². The quantitative estimate of drug-likeness (QED) is 0.557. The van der Waals surface area contributed by atoms with Crippen LogP contribution in [0.25, 0.3) is 0 Å². The highest BCUT2D eigenvalue weighted by Gasteiger charge is 2.37. The molecule has 0 unspecified atom stereocenters. The molecule has 3 heteroatoms. The summed E-state index contributed by atoms with van der Waals surface area (Å²) in [6, 6.07) is 0. The van der Waals surface area contributed by atoms with Crippen molar-refractivity contribution < 1.29 is 9.53 Å². The molecule has 0 saturated carbocycles. The van der Waals surface area contributed by atoms with Gasteiger partial charge in [-0.2, -0.15) is 0 Å². The summed E-state index contributed by atoms with van der Waals surface area (Å²) in [4.78, 5) is 15.3. The molecule has 0 aromatic heterocycles. The van der Waals surface area contributed by atoms with E-state index >= 15 is 0 Å². The lowest BCUT2D eigenvalue weighted by Crippen LogP contribution is -2.25. The highest BCUT2D eigenvalue weighted by molar-refractivity contribution is 6.06. The van der Waals surface area contributed by atoms with E-state index in [0.29, 0.717) is 5.90 Å². The van der Waals surface area contributed by atoms with Crippen LogP contribution < -0.4 is 0 Å². The Morgan fingerprint density at radius 1 is 1.58 bits per heavy atom. The lowest BCUT2D eigenvalue weighted by Gasteiger charge is -2.05. The number of hydrogen-bond donors (Lipinski definition) is 0. The molecule has 12 heavy (non-hydrogen) atoms. The maximum Gasteiger partial charge on any atom is 0.340 e. The minimum Gasteiger partial charge on any atom is -0.406 e. The fourth-order valence-corrected chi connectivity index (χ4v) is 0.827. The third-order valence-corrected chi connectivity index (χ3v) is 1.84. The number of nitrogens with zero attached hydrogens (tertiary/aromatic N) is 1. The Hall–Kier alpha value is -1.12. The van der Waals surface area contributed by atoms with Crippen molar-refractivity contribution in [2.75, 3.05) is 0 Å². The van der Waals surface area contributed by atoms with Gasteiger partial charge in [-0.1, -0.05) is 6.08 Å². The van der Waals surface area contributed by atoms with Gasteiger partial charge in [0.05, 0.1) is 0 Å². The van der Waals surface area contributed by atoms with Crippen molar-refractivity contribution in [3.63, 3.8) is 0 Å². The summed E-state index contributed by atoms with van der Waals surface area (Å²) in [6.07, 6.45) is 1.87. The second-order valence-corrected chi connectivity index (χ2v) is 3.34. The first-order valence-electron chi connectivity index (χ1n) is 3.93. The molecule has 0 saturated heterocycles. The average molecular weight is 167 g/mol. The highest BCUT2D eigenvalue weighted by Crippen LogP contribution is 2.21. The van der Waals surface area contributed by atoms with Gasteiger partial charge in [0.2, 0.25) is 5.90 Å². The minimum atomic E-state index is -0.709. The van der Waals surface area contributed by atoms with Crippen LogP contribution in [0.4, 0.5) is 0 Å². The van der Waals surface area contributed by atoms with Gasteiger partial charge in [0.25, 0.3) is 0 Å². The van der Waals surface area contributed by atoms with Gasteiger partial charge in [-0.15, -0.1) is 0 Å². The Kier molecular flexibility index (Phi) is 2.04. The number of hydrogen-bond acceptors (Lipinski definition) is 3. The Morgan fingerprint density at radius 3 is 2.50 bits per heavy atom. The Balaban J connectivity index is 2.94. The van der Waals surface area contributed by atoms with Crippen LogP contribution >= 0.6 is 0 Å². The zero-order valence-electron chi connectivity index (χ0n) is 7.84. The second-order valence-electron chi connectivity index (χ2n) is 3.34. The van der Waals surface area contributed by atoms with E-state index < -0.39 is 5.54 Å². The molecule has 0 aromatic rings. The molecule has 0 atom stereocenters. The SMILES string of the molecule is C/C=C(\C)C1=NC(C)(C)C(=O)O1. The molecule has 0 aliphatic carbocycles. The van der Waals surface area contributed by atoms with Crippen LogP contribution in [-0.2, 0) is 9.53 Å². The molecule has 1 aliphatic heterocycles. The van der Waals surface area contributed by atoms with Gasteiger partial charge in [0.15, 0.2) is 5.54 Å². The zero-order chi connectivity index (χ0) is 9.35. The number of esters is 1. The maximum absolute atomic E-state index is 11.2. The number of allylic oxidation sites excluding steroid dienone is 1. The number of carbonyl (C=O) groups excluding carboxylic acids is 1. The van der Waals surface area contributed by atoms with Crippen LogP contribution in [-0.4, -0.2) is 17.4 Å². The van der Waals surface area contributed by atoms with Crippen LogP contribution in [0.1, 0.15) is 27.7 Å². The number of aliphatic imine (C=N–C) groups is 1. The molecule has 0 amide bonds. The molecule has 0 fully saturated rings. The van der Waals surface area contributed by atoms with Gasteiger partial charge in [-0.05, 0) is 27.7 Å². The molecule has 1 heterocycles. The van der Waals surface area contributed by atoms with E-state index in [1.807, 2.05) is 19.9 Å². The van der Waals surface area contributed by atoms with Gasteiger partial charge in [0.1, 0.15) is 0 Å². The largest absolute Gasteiger partial charge is 0.406 e. The number of cyclic esters (lactones) is 1. The van der Waals surface area contributed by atoms with Crippen molar-refractivity contribution in [2.24, 2.45) is 4.99 Å². The lowest BCUT2D eigenvalue weighted by molar-refractivity contribution is -0.137. The van der Waals surface area contributed by atoms with E-state index in [1.54, 1.807) is 13.8 Å². The van der Waals surface area contributed by atoms with E-state index in [0.717, 1.165) is 5.57 Å². The first-order valence-corrected chi connectivity index (χ1v) is 3.93. The molecule has 0 spiro atoms. The van der Waals surface area contributed by atoms with E-state index in [1.165, 1.54) is 0 Å². The Labute approximate surface area is 72.1 Å². The molecule has 0 aromatic carbocycles. The summed E-state index contributed by atoms with van der Waals surface area (Å²) >= 11 is 0. The van der Waals surface area contributed by atoms with Gasteiger partial charge in [-0.3, -0.25) is 0 Å². The molecule has 1 rings (SSSR count). The maximum atomic E-state index is 11.2. The van der Waals surface area contributed by atoms with E-state index in [4.69, 9.17) is 4.74 Å². The van der Waals surface area contributed by atoms with E-state index in [2.05, 4.69) is 4.99 Å². The van der Waals surface area contributed by atoms with Gasteiger partial charge in [-0.25, -0.2) is 9.79 Å². The predicted molar refractivity (Wildman–Crippen MR) is 47.0 cm³/mol. The summed E-state index contributed by atoms with van der Waals surface area (Å²) in [6.45, 7) is 7.24. The number of carbonyl (C=O) groups is 1. The lowest BCUT2D eigenvalue weighted by atomic mass is 10.1. The summed E-state index contributed by atoms with van der Waals surface area (Å²) in [7, 11) is 0. The molecular formula is C9H13NO2. The van der Waals surface area contributed by atoms with Gasteiger partial charge < -0.3 is 4.74 Å². The van der Waals surface area contributed by atoms with Crippen molar-refractivity contribution in [3.8, 4) is 0 Å². The summed E-state index contributed by atoms with van der Waals surface area (Å²) in [5.74, 6) is 0.172. The molecule has 3 nitrogen and oxygen atoms in total. The number of rotatable bonds is 1. The van der Waals surface area contributed by atoms with Gasteiger partial charge in [0, 0.05) is 5.57 Å². The molecular weight excluding hydrogens is 154 g/mol. The molecule has 1 aliphatic rings. The summed E-state index contributed by atoms with van der Waals surface area (Å²) in [5.41, 5.74) is 0.188. The van der Waals surface area contributed by atoms with E-state index in [9.17, 15) is 4.79 Å². The predicted octanol–water partition coefficient (Wildman–Crippen LogP) is 1.69. The minimum absolute atomic E-state index is 0.279. The third kappa shape index (κ3) is 1.40. The van der Waals surface area contributed by atoms with Crippen LogP contribution in [0.15, 0.2) is 16.6 Å². The molecule has 0 radical (unpaired) electrons. The van der Waals surface area contributed by atoms with Gasteiger partial charge >= 0.3 is 5.97 Å². The molecule has 0 bridgehead atoms. The molecule has 0 N–H and O–H groups in total. The zero-order valence-corrected chi connectivity index (χ0v) is 7.84. The fraction of sp³-hybridized carbons (Fsp3) is 0.556. The van der Waals surface area contributed by atoms with Crippen LogP contribution in [0.3, 0.4) is 0 Å².